The molecule has 3 rings (SSSR count). The monoisotopic (exact) mass is 253 g/mol. The van der Waals surface area contributed by atoms with Gasteiger partial charge in [-0.2, -0.15) is 0 Å². The molecular weight excluding hydrogens is 238 g/mol. The van der Waals surface area contributed by atoms with Gasteiger partial charge in [-0.1, -0.05) is 24.3 Å². The fourth-order valence-corrected chi connectivity index (χ4v) is 2.51. The maximum atomic E-state index is 12.0. The van der Waals surface area contributed by atoms with Crippen molar-refractivity contribution in [1.29, 1.82) is 0 Å². The minimum absolute atomic E-state index is 0.268. The third-order valence-electron chi connectivity index (χ3n) is 3.34. The summed E-state index contributed by atoms with van der Waals surface area (Å²) in [5, 5.41) is 2.31. The van der Waals surface area contributed by atoms with Gasteiger partial charge in [-0.15, -0.1) is 0 Å². The predicted octanol–water partition coefficient (Wildman–Crippen LogP) is 3.58. The number of esters is 1. The molecule has 0 saturated heterocycles. The summed E-state index contributed by atoms with van der Waals surface area (Å²) in [6, 6.07) is 12.2. The topological polar surface area (TPSA) is 30.7 Å². The number of carbonyl (C=O) groups excluding carboxylic acids is 1. The number of nitrogens with zero attached hydrogens (tertiary/aromatic N) is 1. The first-order valence-corrected chi connectivity index (χ1v) is 6.39. The van der Waals surface area contributed by atoms with Gasteiger partial charge in [0.15, 0.2) is 0 Å². The number of carbonyl (C=O) groups is 1. The smallest absolute Gasteiger partial charge is 0.355 e. The third kappa shape index (κ3) is 1.78. The Bertz CT molecular complexity index is 771. The maximum Gasteiger partial charge on any atom is 0.355 e. The molecule has 19 heavy (non-hydrogen) atoms. The van der Waals surface area contributed by atoms with Crippen LogP contribution in [0.4, 0.5) is 0 Å². The molecule has 3 nitrogen and oxygen atoms in total. The van der Waals surface area contributed by atoms with Gasteiger partial charge in [-0.05, 0) is 36.9 Å². The molecule has 0 atom stereocenters. The molecule has 1 aromatic carbocycles. The molecular formula is C16H15NO2. The van der Waals surface area contributed by atoms with Crippen LogP contribution in [0.5, 0.6) is 0 Å². The standard InChI is InChI=1S/C16H15NO2/c1-3-19-16(18)15-11(2)10-14-13-7-5-4-6-12(13)8-9-17(14)15/h4-10H,3H2,1-2H3. The molecule has 0 unspecified atom stereocenters. The van der Waals surface area contributed by atoms with E-state index in [0.717, 1.165) is 16.5 Å². The van der Waals surface area contributed by atoms with Gasteiger partial charge in [-0.25, -0.2) is 4.79 Å². The Morgan fingerprint density at radius 2 is 2.05 bits per heavy atom. The van der Waals surface area contributed by atoms with Gasteiger partial charge in [0.2, 0.25) is 0 Å². The van der Waals surface area contributed by atoms with Crippen LogP contribution in [-0.4, -0.2) is 17.0 Å². The number of fused-ring (bicyclic) bond motifs is 3. The summed E-state index contributed by atoms with van der Waals surface area (Å²) in [6.07, 6.45) is 1.93. The van der Waals surface area contributed by atoms with E-state index in [-0.39, 0.29) is 5.97 Å². The Balaban J connectivity index is 2.33. The molecule has 0 aliphatic heterocycles. The highest BCUT2D eigenvalue weighted by Crippen LogP contribution is 2.25. The van der Waals surface area contributed by atoms with Crippen molar-refractivity contribution in [2.75, 3.05) is 6.61 Å². The lowest BCUT2D eigenvalue weighted by Gasteiger charge is -2.05. The van der Waals surface area contributed by atoms with Gasteiger partial charge in [0.25, 0.3) is 0 Å². The highest BCUT2D eigenvalue weighted by molar-refractivity contribution is 6.00. The zero-order valence-corrected chi connectivity index (χ0v) is 11.0. The molecule has 0 aliphatic carbocycles. The molecule has 2 aromatic heterocycles. The molecule has 3 aromatic rings. The molecule has 0 spiro atoms. The van der Waals surface area contributed by atoms with Crippen LogP contribution in [0.1, 0.15) is 23.0 Å². The van der Waals surface area contributed by atoms with Crippen LogP contribution in [0.25, 0.3) is 16.3 Å². The number of benzene rings is 1. The molecule has 0 aliphatic rings. The van der Waals surface area contributed by atoms with Gasteiger partial charge >= 0.3 is 5.97 Å². The van der Waals surface area contributed by atoms with Crippen LogP contribution in [0.2, 0.25) is 0 Å². The minimum atomic E-state index is -0.268. The number of hydrogen-bond acceptors (Lipinski definition) is 2. The van der Waals surface area contributed by atoms with Crippen LogP contribution in [0, 0.1) is 6.92 Å². The van der Waals surface area contributed by atoms with E-state index >= 15 is 0 Å². The van der Waals surface area contributed by atoms with Crippen molar-refractivity contribution in [2.45, 2.75) is 13.8 Å². The average Bonchev–Trinajstić information content (AvgIpc) is 2.75. The number of pyridine rings is 1. The van der Waals surface area contributed by atoms with Crippen molar-refractivity contribution < 1.29 is 9.53 Å². The fraction of sp³-hybridized carbons (Fsp3) is 0.188. The first-order chi connectivity index (χ1) is 9.22. The van der Waals surface area contributed by atoms with Crippen molar-refractivity contribution in [2.24, 2.45) is 0 Å². The molecule has 3 heteroatoms. The molecule has 0 N–H and O–H groups in total. The number of aromatic nitrogens is 1. The van der Waals surface area contributed by atoms with Gasteiger partial charge in [0.05, 0.1) is 12.1 Å². The van der Waals surface area contributed by atoms with Crippen molar-refractivity contribution >= 4 is 22.3 Å². The van der Waals surface area contributed by atoms with E-state index in [4.69, 9.17) is 4.74 Å². The largest absolute Gasteiger partial charge is 0.461 e. The van der Waals surface area contributed by atoms with E-state index < -0.39 is 0 Å². The predicted molar refractivity (Wildman–Crippen MR) is 75.6 cm³/mol. The molecule has 96 valence electrons. The van der Waals surface area contributed by atoms with Gasteiger partial charge in [-0.3, -0.25) is 0 Å². The van der Waals surface area contributed by atoms with E-state index in [0.29, 0.717) is 12.3 Å². The van der Waals surface area contributed by atoms with Crippen LogP contribution in [0.15, 0.2) is 42.6 Å². The van der Waals surface area contributed by atoms with Crippen LogP contribution in [-0.2, 0) is 4.74 Å². The second-order valence-electron chi connectivity index (χ2n) is 4.55. The molecule has 2 heterocycles. The van der Waals surface area contributed by atoms with Crippen LogP contribution in [0.3, 0.4) is 0 Å². The minimum Gasteiger partial charge on any atom is -0.461 e. The molecule has 0 saturated carbocycles. The quantitative estimate of drug-likeness (QED) is 0.653. The van der Waals surface area contributed by atoms with Crippen LogP contribution >= 0.6 is 0 Å². The van der Waals surface area contributed by atoms with Crippen LogP contribution < -0.4 is 0 Å². The van der Waals surface area contributed by atoms with E-state index in [2.05, 4.69) is 12.1 Å². The van der Waals surface area contributed by atoms with Gasteiger partial charge in [0, 0.05) is 11.6 Å². The van der Waals surface area contributed by atoms with Crippen molar-refractivity contribution in [3.63, 3.8) is 0 Å². The molecule has 0 fully saturated rings. The summed E-state index contributed by atoms with van der Waals surface area (Å²) < 4.78 is 7.04. The second-order valence-corrected chi connectivity index (χ2v) is 4.55. The average molecular weight is 253 g/mol. The Kier molecular flexibility index (Phi) is 2.75. The normalized spacial score (nSPS) is 11.1. The third-order valence-corrected chi connectivity index (χ3v) is 3.34. The van der Waals surface area contributed by atoms with E-state index in [1.165, 1.54) is 5.39 Å². The van der Waals surface area contributed by atoms with E-state index in [9.17, 15) is 4.79 Å². The molecule has 0 bridgehead atoms. The Labute approximate surface area is 111 Å². The highest BCUT2D eigenvalue weighted by atomic mass is 16.5. The summed E-state index contributed by atoms with van der Waals surface area (Å²) in [5.74, 6) is -0.268. The Morgan fingerprint density at radius 1 is 1.26 bits per heavy atom. The fourth-order valence-electron chi connectivity index (χ4n) is 2.51. The van der Waals surface area contributed by atoms with Crippen molar-refractivity contribution in [3.05, 3.63) is 53.9 Å². The van der Waals surface area contributed by atoms with E-state index in [1.807, 2.05) is 48.7 Å². The lowest BCUT2D eigenvalue weighted by molar-refractivity contribution is 0.0517. The summed E-state index contributed by atoms with van der Waals surface area (Å²) >= 11 is 0. The summed E-state index contributed by atoms with van der Waals surface area (Å²) in [7, 11) is 0. The molecule has 0 amide bonds. The summed E-state index contributed by atoms with van der Waals surface area (Å²) in [6.45, 7) is 4.14. The highest BCUT2D eigenvalue weighted by Gasteiger charge is 2.16. The zero-order chi connectivity index (χ0) is 13.4. The second kappa shape index (κ2) is 4.43. The first kappa shape index (κ1) is 11.8. The number of ether oxygens (including phenoxy) is 1. The molecule has 0 radical (unpaired) electrons. The van der Waals surface area contributed by atoms with Crippen molar-refractivity contribution in [3.8, 4) is 0 Å². The Morgan fingerprint density at radius 3 is 2.84 bits per heavy atom. The summed E-state index contributed by atoms with van der Waals surface area (Å²) in [4.78, 5) is 12.0. The van der Waals surface area contributed by atoms with Gasteiger partial charge in [0.1, 0.15) is 5.69 Å². The maximum absolute atomic E-state index is 12.0. The SMILES string of the molecule is CCOC(=O)c1c(C)cc2c3ccccc3ccn12. The lowest BCUT2D eigenvalue weighted by atomic mass is 10.1. The van der Waals surface area contributed by atoms with Gasteiger partial charge < -0.3 is 9.14 Å². The Hall–Kier alpha value is -2.29. The number of aryl methyl sites for hydroxylation is 1. The first-order valence-electron chi connectivity index (χ1n) is 6.39. The number of rotatable bonds is 2. The number of hydrogen-bond donors (Lipinski definition) is 0. The lowest BCUT2D eigenvalue weighted by Crippen LogP contribution is -2.09. The summed E-state index contributed by atoms with van der Waals surface area (Å²) in [5.41, 5.74) is 2.59. The zero-order valence-electron chi connectivity index (χ0n) is 11.0. The van der Waals surface area contributed by atoms with Crippen molar-refractivity contribution in [1.82, 2.24) is 4.40 Å². The van der Waals surface area contributed by atoms with E-state index in [1.54, 1.807) is 0 Å².